The molecule has 3 nitrogen and oxygen atoms in total. The molecule has 0 spiro atoms. The van der Waals surface area contributed by atoms with Gasteiger partial charge in [-0.15, -0.1) is 0 Å². The van der Waals surface area contributed by atoms with Crippen molar-refractivity contribution in [2.75, 3.05) is 4.90 Å². The lowest BCUT2D eigenvalue weighted by molar-refractivity contribution is 0.665. The third kappa shape index (κ3) is 4.34. The van der Waals surface area contributed by atoms with Gasteiger partial charge in [-0.25, -0.2) is 0 Å². The molecule has 0 atom stereocenters. The van der Waals surface area contributed by atoms with Crippen LogP contribution < -0.4 is 4.90 Å². The van der Waals surface area contributed by atoms with E-state index in [4.69, 9.17) is 8.83 Å². The van der Waals surface area contributed by atoms with Crippen molar-refractivity contribution < 1.29 is 8.83 Å². The highest BCUT2D eigenvalue weighted by atomic mass is 16.3. The van der Waals surface area contributed by atoms with Crippen molar-refractivity contribution in [3.8, 4) is 22.3 Å². The molecule has 0 saturated carbocycles. The van der Waals surface area contributed by atoms with E-state index in [1.807, 2.05) is 12.1 Å². The maximum atomic E-state index is 6.99. The fraction of sp³-hybridized carbons (Fsp3) is 0.0400. The van der Waals surface area contributed by atoms with Crippen LogP contribution >= 0.6 is 0 Å². The molecule has 0 bridgehead atoms. The van der Waals surface area contributed by atoms with Crippen LogP contribution in [0.3, 0.4) is 0 Å². The van der Waals surface area contributed by atoms with Crippen LogP contribution in [0.25, 0.3) is 66.1 Å². The summed E-state index contributed by atoms with van der Waals surface area (Å²) in [6, 6.07) is 64.9. The second kappa shape index (κ2) is 11.3. The maximum Gasteiger partial charge on any atom is 0.159 e. The summed E-state index contributed by atoms with van der Waals surface area (Å²) in [7, 11) is 0. The quantitative estimate of drug-likeness (QED) is 0.181. The van der Waals surface area contributed by atoms with Gasteiger partial charge in [0.15, 0.2) is 5.58 Å². The highest BCUT2D eigenvalue weighted by Crippen LogP contribution is 2.56. The molecule has 0 unspecified atom stereocenters. The Morgan fingerprint density at radius 1 is 0.415 bits per heavy atom. The minimum atomic E-state index is -0.397. The van der Waals surface area contributed by atoms with Gasteiger partial charge >= 0.3 is 0 Å². The SMILES string of the molecule is CC1(c2ccc(N(c3ccc(-c4ccccc4)cc3)c3ccc4c(c3)oc3ccccc34)c3oc4ccccc4c23)c2ccccc2-c2ccccc21. The number of rotatable bonds is 5. The highest BCUT2D eigenvalue weighted by Gasteiger charge is 2.42. The first-order chi connectivity index (χ1) is 26.2. The van der Waals surface area contributed by atoms with Crippen LogP contribution in [0.1, 0.15) is 23.6 Å². The maximum absolute atomic E-state index is 6.99. The van der Waals surface area contributed by atoms with Gasteiger partial charge in [0.25, 0.3) is 0 Å². The lowest BCUT2D eigenvalue weighted by atomic mass is 9.72. The van der Waals surface area contributed by atoms with Crippen LogP contribution in [0.15, 0.2) is 191 Å². The molecule has 2 aromatic heterocycles. The predicted molar refractivity (Wildman–Crippen MR) is 219 cm³/mol. The van der Waals surface area contributed by atoms with Gasteiger partial charge in [-0.2, -0.15) is 0 Å². The molecule has 2 heterocycles. The van der Waals surface area contributed by atoms with Crippen molar-refractivity contribution in [1.29, 1.82) is 0 Å². The molecule has 0 radical (unpaired) electrons. The zero-order chi connectivity index (χ0) is 35.1. The van der Waals surface area contributed by atoms with Crippen LogP contribution in [0, 0.1) is 0 Å². The smallest absolute Gasteiger partial charge is 0.159 e. The van der Waals surface area contributed by atoms with E-state index in [1.165, 1.54) is 33.4 Å². The number of furan rings is 2. The molecule has 3 heteroatoms. The first-order valence-corrected chi connectivity index (χ1v) is 18.2. The Balaban J connectivity index is 1.18. The predicted octanol–water partition coefficient (Wildman–Crippen LogP) is 14.0. The number of benzene rings is 8. The van der Waals surface area contributed by atoms with E-state index < -0.39 is 5.41 Å². The van der Waals surface area contributed by atoms with E-state index in [1.54, 1.807) is 0 Å². The van der Waals surface area contributed by atoms with Gasteiger partial charge in [0.2, 0.25) is 0 Å². The zero-order valence-electron chi connectivity index (χ0n) is 29.1. The van der Waals surface area contributed by atoms with E-state index in [-0.39, 0.29) is 0 Å². The molecule has 0 amide bonds. The molecule has 10 aromatic rings. The van der Waals surface area contributed by atoms with Gasteiger partial charge in [-0.05, 0) is 88.3 Å². The minimum Gasteiger partial charge on any atom is -0.456 e. The molecule has 1 aliphatic carbocycles. The minimum absolute atomic E-state index is 0.397. The number of para-hydroxylation sites is 2. The van der Waals surface area contributed by atoms with Crippen molar-refractivity contribution >= 4 is 60.9 Å². The van der Waals surface area contributed by atoms with Crippen molar-refractivity contribution in [2.24, 2.45) is 0 Å². The molecule has 250 valence electrons. The van der Waals surface area contributed by atoms with Crippen LogP contribution in [-0.4, -0.2) is 0 Å². The highest BCUT2D eigenvalue weighted by molar-refractivity contribution is 6.14. The number of fused-ring (bicyclic) bond motifs is 9. The first-order valence-electron chi connectivity index (χ1n) is 18.2. The average Bonchev–Trinajstić information content (AvgIpc) is 3.88. The van der Waals surface area contributed by atoms with Gasteiger partial charge in [-0.1, -0.05) is 133 Å². The lowest BCUT2D eigenvalue weighted by Gasteiger charge is -2.31. The third-order valence-corrected chi connectivity index (χ3v) is 11.4. The van der Waals surface area contributed by atoms with Crippen molar-refractivity contribution in [3.63, 3.8) is 0 Å². The first kappa shape index (κ1) is 29.8. The van der Waals surface area contributed by atoms with Crippen molar-refractivity contribution in [2.45, 2.75) is 12.3 Å². The largest absolute Gasteiger partial charge is 0.456 e. The van der Waals surface area contributed by atoms with E-state index in [0.717, 1.165) is 66.5 Å². The Labute approximate surface area is 307 Å². The standard InChI is InChI=1S/C50H33NO2/c1-50(41-19-9-5-15-36(41)37-16-6-10-20-42(37)50)43-29-30-44(49-48(43)40-18-8-12-22-46(40)53-49)51(34-25-23-33(24-26-34)32-13-3-2-4-14-32)35-27-28-39-38-17-7-11-21-45(38)52-47(39)31-35/h2-31H,1H3. The fourth-order valence-corrected chi connectivity index (χ4v) is 8.86. The second-order valence-electron chi connectivity index (χ2n) is 14.2. The van der Waals surface area contributed by atoms with Crippen molar-refractivity contribution in [1.82, 2.24) is 0 Å². The van der Waals surface area contributed by atoms with Crippen molar-refractivity contribution in [3.05, 3.63) is 199 Å². The van der Waals surface area contributed by atoms with Crippen LogP contribution in [0.2, 0.25) is 0 Å². The van der Waals surface area contributed by atoms with E-state index in [9.17, 15) is 0 Å². The Hall–Kier alpha value is -6.84. The summed E-state index contributed by atoms with van der Waals surface area (Å²) in [5, 5.41) is 4.44. The van der Waals surface area contributed by atoms with Gasteiger partial charge in [0.05, 0.1) is 11.4 Å². The van der Waals surface area contributed by atoms with Crippen LogP contribution in [0.4, 0.5) is 17.1 Å². The number of anilines is 3. The van der Waals surface area contributed by atoms with E-state index >= 15 is 0 Å². The Kier molecular flexibility index (Phi) is 6.38. The monoisotopic (exact) mass is 679 g/mol. The zero-order valence-corrected chi connectivity index (χ0v) is 29.1. The third-order valence-electron chi connectivity index (χ3n) is 11.4. The fourth-order valence-electron chi connectivity index (χ4n) is 8.86. The second-order valence-corrected chi connectivity index (χ2v) is 14.2. The molecular weight excluding hydrogens is 647 g/mol. The summed E-state index contributed by atoms with van der Waals surface area (Å²) >= 11 is 0. The summed E-state index contributed by atoms with van der Waals surface area (Å²) in [5.41, 5.74) is 14.8. The summed E-state index contributed by atoms with van der Waals surface area (Å²) in [6.07, 6.45) is 0. The average molecular weight is 680 g/mol. The van der Waals surface area contributed by atoms with E-state index in [2.05, 4.69) is 182 Å². The number of hydrogen-bond acceptors (Lipinski definition) is 3. The van der Waals surface area contributed by atoms with Gasteiger partial charge in [0.1, 0.15) is 16.7 Å². The Morgan fingerprint density at radius 3 is 1.72 bits per heavy atom. The summed E-state index contributed by atoms with van der Waals surface area (Å²) in [4.78, 5) is 2.31. The van der Waals surface area contributed by atoms with E-state index in [0.29, 0.717) is 0 Å². The summed E-state index contributed by atoms with van der Waals surface area (Å²) in [5.74, 6) is 0. The van der Waals surface area contributed by atoms with Gasteiger partial charge in [0, 0.05) is 38.7 Å². The molecule has 53 heavy (non-hydrogen) atoms. The molecule has 1 aliphatic rings. The topological polar surface area (TPSA) is 29.5 Å². The molecule has 0 aliphatic heterocycles. The Morgan fingerprint density at radius 2 is 0.981 bits per heavy atom. The normalized spacial score (nSPS) is 13.2. The van der Waals surface area contributed by atoms with Crippen LogP contribution in [-0.2, 0) is 5.41 Å². The summed E-state index contributed by atoms with van der Waals surface area (Å²) < 4.78 is 13.4. The summed E-state index contributed by atoms with van der Waals surface area (Å²) in [6.45, 7) is 2.38. The molecular formula is C50H33NO2. The molecule has 11 rings (SSSR count). The number of hydrogen-bond donors (Lipinski definition) is 0. The number of nitrogens with zero attached hydrogens (tertiary/aromatic N) is 1. The molecule has 8 aromatic carbocycles. The molecule has 0 fully saturated rings. The van der Waals surface area contributed by atoms with Gasteiger partial charge in [-0.3, -0.25) is 0 Å². The molecule has 0 saturated heterocycles. The molecule has 0 N–H and O–H groups in total. The lowest BCUT2D eigenvalue weighted by Crippen LogP contribution is -2.23. The van der Waals surface area contributed by atoms with Crippen LogP contribution in [0.5, 0.6) is 0 Å². The Bertz CT molecular complexity index is 2980. The van der Waals surface area contributed by atoms with Gasteiger partial charge < -0.3 is 13.7 Å².